The molecule has 0 saturated carbocycles. The van der Waals surface area contributed by atoms with Crippen LogP contribution in [0.2, 0.25) is 0 Å². The van der Waals surface area contributed by atoms with Gasteiger partial charge in [-0.2, -0.15) is 0 Å². The minimum absolute atomic E-state index is 0.842. The summed E-state index contributed by atoms with van der Waals surface area (Å²) in [5, 5.41) is 11.4. The second-order valence-electron chi connectivity index (χ2n) is 3.62. The van der Waals surface area contributed by atoms with E-state index in [-0.39, 0.29) is 0 Å². The first-order chi connectivity index (χ1) is 7.95. The average molecular weight is 210 g/mol. The van der Waals surface area contributed by atoms with Crippen LogP contribution in [0.3, 0.4) is 0 Å². The molecular formula is C12H10N4. The number of rotatable bonds is 1. The molecule has 0 saturated heterocycles. The Morgan fingerprint density at radius 3 is 3.19 bits per heavy atom. The number of nitrogens with zero attached hydrogens (tertiary/aromatic N) is 3. The van der Waals surface area contributed by atoms with Gasteiger partial charge < -0.3 is 0 Å². The molecular weight excluding hydrogens is 200 g/mol. The summed E-state index contributed by atoms with van der Waals surface area (Å²) in [7, 11) is 0. The van der Waals surface area contributed by atoms with Gasteiger partial charge in [-0.05, 0) is 34.1 Å². The molecule has 2 aliphatic rings. The second kappa shape index (κ2) is 3.73. The van der Waals surface area contributed by atoms with Gasteiger partial charge in [0, 0.05) is 11.8 Å². The van der Waals surface area contributed by atoms with E-state index in [2.05, 4.69) is 45.3 Å². The highest BCUT2D eigenvalue weighted by atomic mass is 15.5. The molecule has 0 spiro atoms. The van der Waals surface area contributed by atoms with Crippen molar-refractivity contribution in [2.75, 3.05) is 0 Å². The van der Waals surface area contributed by atoms with Crippen molar-refractivity contribution in [1.82, 2.24) is 5.43 Å². The van der Waals surface area contributed by atoms with Crippen molar-refractivity contribution in [2.24, 2.45) is 15.5 Å². The summed E-state index contributed by atoms with van der Waals surface area (Å²) in [5.41, 5.74) is 7.21. The van der Waals surface area contributed by atoms with Crippen LogP contribution in [-0.4, -0.2) is 5.71 Å². The molecule has 1 aromatic carbocycles. The van der Waals surface area contributed by atoms with Crippen molar-refractivity contribution in [3.05, 3.63) is 53.2 Å². The smallest absolute Gasteiger partial charge is 0.0966 e. The van der Waals surface area contributed by atoms with E-state index >= 15 is 0 Å². The number of nitrogens with one attached hydrogen (secondary N) is 1. The molecule has 78 valence electrons. The SMILES string of the molecule is C1=Cc2cccc(C3=NN=NNC=C3)c2C1. The molecule has 0 radical (unpaired) electrons. The summed E-state index contributed by atoms with van der Waals surface area (Å²) >= 11 is 0. The first kappa shape index (κ1) is 9.03. The summed E-state index contributed by atoms with van der Waals surface area (Å²) in [5.74, 6) is 0. The Morgan fingerprint density at radius 1 is 1.19 bits per heavy atom. The maximum atomic E-state index is 4.07. The highest BCUT2D eigenvalue weighted by Gasteiger charge is 2.13. The molecule has 4 nitrogen and oxygen atoms in total. The van der Waals surface area contributed by atoms with Gasteiger partial charge in [0.05, 0.1) is 5.71 Å². The standard InChI is InChI=1S/C12H10N4/c1-3-9-4-2-6-11(10(9)5-1)12-7-8-13-15-16-14-12/h1-4,6-8H,5H2,(H,13,16). The molecule has 1 heterocycles. The molecule has 3 rings (SSSR count). The summed E-state index contributed by atoms with van der Waals surface area (Å²) in [6.07, 6.45) is 8.88. The molecule has 4 heteroatoms. The molecule has 16 heavy (non-hydrogen) atoms. The normalized spacial score (nSPS) is 16.6. The van der Waals surface area contributed by atoms with Crippen molar-refractivity contribution >= 4 is 11.8 Å². The van der Waals surface area contributed by atoms with Crippen LogP contribution in [0.1, 0.15) is 16.7 Å². The minimum atomic E-state index is 0.842. The lowest BCUT2D eigenvalue weighted by Crippen LogP contribution is -2.02. The van der Waals surface area contributed by atoms with E-state index in [0.29, 0.717) is 0 Å². The summed E-state index contributed by atoms with van der Waals surface area (Å²) in [4.78, 5) is 0. The third-order valence-corrected chi connectivity index (χ3v) is 2.68. The van der Waals surface area contributed by atoms with Gasteiger partial charge in [-0.1, -0.05) is 30.4 Å². The Bertz CT molecular complexity index is 538. The Balaban J connectivity index is 2.11. The van der Waals surface area contributed by atoms with Crippen molar-refractivity contribution in [3.63, 3.8) is 0 Å². The second-order valence-corrected chi connectivity index (χ2v) is 3.62. The van der Waals surface area contributed by atoms with Crippen LogP contribution in [0.15, 0.2) is 52.1 Å². The average Bonchev–Trinajstić information content (AvgIpc) is 2.63. The van der Waals surface area contributed by atoms with Crippen LogP contribution in [0.25, 0.3) is 6.08 Å². The van der Waals surface area contributed by atoms with Crippen LogP contribution >= 0.6 is 0 Å². The largest absolute Gasteiger partial charge is 0.266 e. The summed E-state index contributed by atoms with van der Waals surface area (Å²) < 4.78 is 0. The molecule has 0 fully saturated rings. The zero-order chi connectivity index (χ0) is 10.8. The van der Waals surface area contributed by atoms with Crippen LogP contribution in [0.4, 0.5) is 0 Å². The van der Waals surface area contributed by atoms with Crippen molar-refractivity contribution in [2.45, 2.75) is 6.42 Å². The first-order valence-electron chi connectivity index (χ1n) is 5.14. The quantitative estimate of drug-likeness (QED) is 0.760. The first-order valence-corrected chi connectivity index (χ1v) is 5.14. The zero-order valence-electron chi connectivity index (χ0n) is 8.59. The van der Waals surface area contributed by atoms with Gasteiger partial charge in [-0.25, -0.2) is 0 Å². The molecule has 1 N–H and O–H groups in total. The molecule has 0 unspecified atom stereocenters. The topological polar surface area (TPSA) is 49.1 Å². The minimum Gasteiger partial charge on any atom is -0.266 e. The Labute approximate surface area is 93.1 Å². The molecule has 0 aromatic heterocycles. The van der Waals surface area contributed by atoms with Crippen LogP contribution in [0, 0.1) is 0 Å². The van der Waals surface area contributed by atoms with E-state index in [1.165, 1.54) is 11.1 Å². The fourth-order valence-electron chi connectivity index (χ4n) is 1.96. The lowest BCUT2D eigenvalue weighted by atomic mass is 9.99. The van der Waals surface area contributed by atoms with E-state index in [9.17, 15) is 0 Å². The monoisotopic (exact) mass is 210 g/mol. The van der Waals surface area contributed by atoms with Gasteiger partial charge in [0.15, 0.2) is 0 Å². The van der Waals surface area contributed by atoms with Gasteiger partial charge >= 0.3 is 0 Å². The van der Waals surface area contributed by atoms with E-state index < -0.39 is 0 Å². The molecule has 0 amide bonds. The van der Waals surface area contributed by atoms with Gasteiger partial charge in [-0.15, -0.1) is 5.10 Å². The van der Waals surface area contributed by atoms with Gasteiger partial charge in [0.1, 0.15) is 0 Å². The summed E-state index contributed by atoms with van der Waals surface area (Å²) in [6, 6.07) is 6.22. The van der Waals surface area contributed by atoms with Gasteiger partial charge in [-0.3, -0.25) is 5.43 Å². The number of fused-ring (bicyclic) bond motifs is 1. The molecule has 1 aliphatic heterocycles. The van der Waals surface area contributed by atoms with E-state index in [4.69, 9.17) is 0 Å². The lowest BCUT2D eigenvalue weighted by molar-refractivity contribution is 0.833. The third kappa shape index (κ3) is 1.44. The maximum absolute atomic E-state index is 4.07. The predicted octanol–water partition coefficient (Wildman–Crippen LogP) is 2.44. The molecule has 1 aliphatic carbocycles. The Morgan fingerprint density at radius 2 is 2.19 bits per heavy atom. The van der Waals surface area contributed by atoms with Crippen LogP contribution < -0.4 is 5.43 Å². The Kier molecular flexibility index (Phi) is 2.11. The van der Waals surface area contributed by atoms with E-state index in [0.717, 1.165) is 17.7 Å². The summed E-state index contributed by atoms with van der Waals surface area (Å²) in [6.45, 7) is 0. The fraction of sp³-hybridized carbons (Fsp3) is 0.0833. The Hall–Kier alpha value is -2.23. The lowest BCUT2D eigenvalue weighted by Gasteiger charge is -2.06. The van der Waals surface area contributed by atoms with E-state index in [1.807, 2.05) is 12.1 Å². The van der Waals surface area contributed by atoms with Gasteiger partial charge in [0.25, 0.3) is 0 Å². The molecule has 0 bridgehead atoms. The maximum Gasteiger partial charge on any atom is 0.0966 e. The number of hydrogen-bond acceptors (Lipinski definition) is 4. The number of allylic oxidation sites excluding steroid dienone is 2. The number of benzene rings is 1. The van der Waals surface area contributed by atoms with E-state index in [1.54, 1.807) is 6.20 Å². The van der Waals surface area contributed by atoms with Crippen molar-refractivity contribution < 1.29 is 0 Å². The van der Waals surface area contributed by atoms with Crippen molar-refractivity contribution in [1.29, 1.82) is 0 Å². The highest BCUT2D eigenvalue weighted by molar-refractivity contribution is 6.10. The molecule has 0 atom stereocenters. The number of hydrogen-bond donors (Lipinski definition) is 1. The predicted molar refractivity (Wildman–Crippen MR) is 62.8 cm³/mol. The van der Waals surface area contributed by atoms with Gasteiger partial charge in [0.2, 0.25) is 0 Å². The van der Waals surface area contributed by atoms with Crippen LogP contribution in [-0.2, 0) is 6.42 Å². The van der Waals surface area contributed by atoms with Crippen molar-refractivity contribution in [3.8, 4) is 0 Å². The van der Waals surface area contributed by atoms with Crippen LogP contribution in [0.5, 0.6) is 0 Å². The molecule has 1 aromatic rings. The fourth-order valence-corrected chi connectivity index (χ4v) is 1.96. The third-order valence-electron chi connectivity index (χ3n) is 2.68. The zero-order valence-corrected chi connectivity index (χ0v) is 8.59. The highest BCUT2D eigenvalue weighted by Crippen LogP contribution is 2.24.